The van der Waals surface area contributed by atoms with Crippen LogP contribution in [0.2, 0.25) is 0 Å². The van der Waals surface area contributed by atoms with Gasteiger partial charge in [-0.1, -0.05) is 50.8 Å². The molecule has 0 unspecified atom stereocenters. The Morgan fingerprint density at radius 1 is 1.19 bits per heavy atom. The highest BCUT2D eigenvalue weighted by atomic mass is 16.3. The van der Waals surface area contributed by atoms with Crippen molar-refractivity contribution in [1.82, 2.24) is 20.1 Å². The number of benzene rings is 1. The minimum absolute atomic E-state index is 0.241. The number of hydrogen-bond donors (Lipinski definition) is 2. The number of nitrogens with zero attached hydrogens (tertiary/aromatic N) is 3. The lowest BCUT2D eigenvalue weighted by Crippen LogP contribution is -2.24. The second-order valence-electron chi connectivity index (χ2n) is 6.40. The van der Waals surface area contributed by atoms with Gasteiger partial charge in [0.25, 0.3) is 5.91 Å². The number of aromatic nitrogens is 3. The van der Waals surface area contributed by atoms with Gasteiger partial charge in [-0.05, 0) is 18.6 Å². The van der Waals surface area contributed by atoms with Gasteiger partial charge in [-0.15, -0.1) is 0 Å². The maximum absolute atomic E-state index is 12.2. The maximum atomic E-state index is 12.2. The quantitative estimate of drug-likeness (QED) is 0.560. The lowest BCUT2D eigenvalue weighted by molar-refractivity contribution is 0.0948. The number of carbonyl (C=O) groups excluding carboxylic acids is 1. The van der Waals surface area contributed by atoms with E-state index >= 15 is 0 Å². The zero-order valence-corrected chi connectivity index (χ0v) is 15.5. The number of amides is 1. The highest BCUT2D eigenvalue weighted by Gasteiger charge is 2.18. The van der Waals surface area contributed by atoms with E-state index in [1.807, 2.05) is 30.3 Å². The van der Waals surface area contributed by atoms with Gasteiger partial charge in [0.2, 0.25) is 5.89 Å². The minimum atomic E-state index is -0.241. The molecule has 2 aromatic heterocycles. The lowest BCUT2D eigenvalue weighted by Gasteiger charge is -2.03. The molecule has 0 spiro atoms. The molecule has 1 aromatic carbocycles. The molecule has 1 amide bonds. The Hall–Kier alpha value is -3.09. The summed E-state index contributed by atoms with van der Waals surface area (Å²) < 4.78 is 7.06. The Bertz CT molecular complexity index is 870. The summed E-state index contributed by atoms with van der Waals surface area (Å²) >= 11 is 0. The van der Waals surface area contributed by atoms with Gasteiger partial charge in [0.15, 0.2) is 5.69 Å². The van der Waals surface area contributed by atoms with Crippen LogP contribution in [0.4, 0.5) is 5.82 Å². The molecule has 0 aliphatic heterocycles. The molecule has 0 saturated heterocycles. The van der Waals surface area contributed by atoms with Crippen molar-refractivity contribution in [1.29, 1.82) is 0 Å². The number of nitrogens with one attached hydrogen (secondary N) is 1. The summed E-state index contributed by atoms with van der Waals surface area (Å²) in [5, 5.41) is 7.17. The fourth-order valence-corrected chi connectivity index (χ4v) is 2.82. The number of anilines is 1. The molecule has 0 radical (unpaired) electrons. The molecular formula is C20H25N5O2. The molecule has 3 rings (SSSR count). The van der Waals surface area contributed by atoms with Crippen LogP contribution in [0.5, 0.6) is 0 Å². The van der Waals surface area contributed by atoms with Crippen molar-refractivity contribution in [2.45, 2.75) is 39.0 Å². The summed E-state index contributed by atoms with van der Waals surface area (Å²) in [6.45, 7) is 2.82. The van der Waals surface area contributed by atoms with E-state index in [0.29, 0.717) is 17.9 Å². The van der Waals surface area contributed by atoms with Gasteiger partial charge in [-0.25, -0.2) is 9.67 Å². The predicted octanol–water partition coefficient (Wildman–Crippen LogP) is 3.81. The number of para-hydroxylation sites is 1. The van der Waals surface area contributed by atoms with E-state index in [0.717, 1.165) is 18.5 Å². The number of hydrogen-bond acceptors (Lipinski definition) is 5. The van der Waals surface area contributed by atoms with Crippen molar-refractivity contribution in [2.24, 2.45) is 0 Å². The highest BCUT2D eigenvalue weighted by molar-refractivity contribution is 5.92. The molecule has 3 N–H and O–H groups in total. The third kappa shape index (κ3) is 4.55. The van der Waals surface area contributed by atoms with Crippen LogP contribution in [0.25, 0.3) is 17.1 Å². The molecular weight excluding hydrogens is 342 g/mol. The average Bonchev–Trinajstić information content (AvgIpc) is 3.32. The normalized spacial score (nSPS) is 10.9. The molecule has 0 fully saturated rings. The predicted molar refractivity (Wildman–Crippen MR) is 105 cm³/mol. The summed E-state index contributed by atoms with van der Waals surface area (Å²) in [4.78, 5) is 16.5. The van der Waals surface area contributed by atoms with Crippen molar-refractivity contribution in [3.05, 3.63) is 48.5 Å². The summed E-state index contributed by atoms with van der Waals surface area (Å²) in [5.41, 5.74) is 7.83. The Kier molecular flexibility index (Phi) is 6.25. The van der Waals surface area contributed by atoms with Crippen LogP contribution < -0.4 is 11.1 Å². The molecule has 0 bridgehead atoms. The van der Waals surface area contributed by atoms with Crippen molar-refractivity contribution in [3.8, 4) is 17.1 Å². The Morgan fingerprint density at radius 3 is 2.74 bits per heavy atom. The van der Waals surface area contributed by atoms with Crippen molar-refractivity contribution < 1.29 is 9.21 Å². The van der Waals surface area contributed by atoms with Crippen LogP contribution >= 0.6 is 0 Å². The van der Waals surface area contributed by atoms with Crippen LogP contribution in [-0.2, 0) is 0 Å². The molecule has 7 nitrogen and oxygen atoms in total. The molecule has 7 heteroatoms. The zero-order chi connectivity index (χ0) is 19.1. The number of carbonyl (C=O) groups is 1. The van der Waals surface area contributed by atoms with Crippen LogP contribution in [-0.4, -0.2) is 27.2 Å². The summed E-state index contributed by atoms with van der Waals surface area (Å²) in [5.74, 6) is 0.447. The molecule has 0 atom stereocenters. The monoisotopic (exact) mass is 367 g/mol. The van der Waals surface area contributed by atoms with Gasteiger partial charge in [0.05, 0.1) is 17.4 Å². The molecule has 2 heterocycles. The van der Waals surface area contributed by atoms with E-state index in [9.17, 15) is 4.79 Å². The average molecular weight is 367 g/mol. The SMILES string of the molecule is CCCCCCCNC(=O)c1coc(-c2cnn(-c3ccccc3)c2N)n1. The summed E-state index contributed by atoms with van der Waals surface area (Å²) in [6.07, 6.45) is 8.66. The largest absolute Gasteiger partial charge is 0.443 e. The maximum Gasteiger partial charge on any atom is 0.273 e. The molecule has 27 heavy (non-hydrogen) atoms. The first-order chi connectivity index (χ1) is 13.2. The minimum Gasteiger partial charge on any atom is -0.443 e. The molecule has 142 valence electrons. The second-order valence-corrected chi connectivity index (χ2v) is 6.40. The fourth-order valence-electron chi connectivity index (χ4n) is 2.82. The molecule has 3 aromatic rings. The molecule has 0 saturated carbocycles. The first-order valence-electron chi connectivity index (χ1n) is 9.33. The topological polar surface area (TPSA) is 99.0 Å². The second kappa shape index (κ2) is 9.02. The molecule has 0 aliphatic rings. The Balaban J connectivity index is 1.62. The number of rotatable bonds is 9. The first-order valence-corrected chi connectivity index (χ1v) is 9.33. The van der Waals surface area contributed by atoms with Gasteiger partial charge in [-0.2, -0.15) is 5.10 Å². The van der Waals surface area contributed by atoms with E-state index in [4.69, 9.17) is 10.2 Å². The van der Waals surface area contributed by atoms with Gasteiger partial charge in [0.1, 0.15) is 12.1 Å². The number of nitrogens with two attached hydrogens (primary N) is 1. The third-order valence-corrected chi connectivity index (χ3v) is 4.34. The van der Waals surface area contributed by atoms with Gasteiger partial charge in [0, 0.05) is 6.54 Å². The van der Waals surface area contributed by atoms with E-state index in [-0.39, 0.29) is 17.5 Å². The van der Waals surface area contributed by atoms with Gasteiger partial charge in [-0.3, -0.25) is 4.79 Å². The van der Waals surface area contributed by atoms with E-state index in [1.165, 1.54) is 25.5 Å². The Labute approximate surface area is 158 Å². The highest BCUT2D eigenvalue weighted by Crippen LogP contribution is 2.27. The van der Waals surface area contributed by atoms with Crippen LogP contribution in [0.15, 0.2) is 47.2 Å². The third-order valence-electron chi connectivity index (χ3n) is 4.34. The van der Waals surface area contributed by atoms with Crippen LogP contribution in [0.3, 0.4) is 0 Å². The van der Waals surface area contributed by atoms with E-state index < -0.39 is 0 Å². The molecule has 0 aliphatic carbocycles. The van der Waals surface area contributed by atoms with Crippen molar-refractivity contribution >= 4 is 11.7 Å². The Morgan fingerprint density at radius 2 is 1.96 bits per heavy atom. The van der Waals surface area contributed by atoms with Crippen LogP contribution in [0.1, 0.15) is 49.5 Å². The van der Waals surface area contributed by atoms with Crippen molar-refractivity contribution in [3.63, 3.8) is 0 Å². The standard InChI is InChI=1S/C20H25N5O2/c1-2-3-4-5-9-12-22-19(26)17-14-27-20(24-17)16-13-23-25(18(16)21)15-10-7-6-8-11-15/h6-8,10-11,13-14H,2-5,9,12,21H2,1H3,(H,22,26). The van der Waals surface area contributed by atoms with Crippen LogP contribution in [0, 0.1) is 0 Å². The number of nitrogen functional groups attached to an aromatic ring is 1. The smallest absolute Gasteiger partial charge is 0.273 e. The zero-order valence-electron chi connectivity index (χ0n) is 15.5. The van der Waals surface area contributed by atoms with E-state index in [2.05, 4.69) is 22.3 Å². The van der Waals surface area contributed by atoms with E-state index in [1.54, 1.807) is 10.9 Å². The fraction of sp³-hybridized carbons (Fsp3) is 0.350. The first kappa shape index (κ1) is 18.7. The van der Waals surface area contributed by atoms with Gasteiger partial charge >= 0.3 is 0 Å². The summed E-state index contributed by atoms with van der Waals surface area (Å²) in [6, 6.07) is 9.55. The van der Waals surface area contributed by atoms with Gasteiger partial charge < -0.3 is 15.5 Å². The number of oxazole rings is 1. The number of unbranched alkanes of at least 4 members (excludes halogenated alkanes) is 4. The summed E-state index contributed by atoms with van der Waals surface area (Å²) in [7, 11) is 0. The van der Waals surface area contributed by atoms with Crippen molar-refractivity contribution in [2.75, 3.05) is 12.3 Å². The lowest BCUT2D eigenvalue weighted by atomic mass is 10.1.